The van der Waals surface area contributed by atoms with Crippen LogP contribution in [0.3, 0.4) is 0 Å². The normalized spacial score (nSPS) is 21.9. The van der Waals surface area contributed by atoms with Crippen molar-refractivity contribution in [3.05, 3.63) is 59.5 Å². The number of carbonyl (C=O) groups excluding carboxylic acids is 2. The zero-order chi connectivity index (χ0) is 27.9. The second-order valence-corrected chi connectivity index (χ2v) is 11.1. The Kier molecular flexibility index (Phi) is 5.23. The molecule has 0 aliphatic heterocycles. The summed E-state index contributed by atoms with van der Waals surface area (Å²) in [5, 5.41) is 8.10. The molecule has 39 heavy (non-hydrogen) atoms. The van der Waals surface area contributed by atoms with Gasteiger partial charge in [-0.25, -0.2) is 9.99 Å². The molecule has 0 radical (unpaired) electrons. The second-order valence-electron chi connectivity index (χ2n) is 11.1. The van der Waals surface area contributed by atoms with Gasteiger partial charge in [0, 0.05) is 31.2 Å². The average Bonchev–Trinajstić information content (AvgIpc) is 3.25. The molecule has 0 saturated heterocycles. The van der Waals surface area contributed by atoms with Gasteiger partial charge in [-0.05, 0) is 55.0 Å². The molecule has 0 atom stereocenters. The van der Waals surface area contributed by atoms with Crippen molar-refractivity contribution in [3.8, 4) is 0 Å². The zero-order valence-electron chi connectivity index (χ0n) is 21.6. The van der Waals surface area contributed by atoms with Crippen LogP contribution in [-0.2, 0) is 24.6 Å². The molecule has 2 bridgehead atoms. The van der Waals surface area contributed by atoms with E-state index in [-0.39, 0.29) is 29.1 Å². The highest BCUT2D eigenvalue weighted by atomic mass is 19.4. The van der Waals surface area contributed by atoms with Crippen LogP contribution < -0.4 is 5.73 Å². The maximum atomic E-state index is 14.0. The van der Waals surface area contributed by atoms with Gasteiger partial charge in [-0.2, -0.15) is 18.3 Å². The van der Waals surface area contributed by atoms with Gasteiger partial charge in [0.05, 0.1) is 45.8 Å². The van der Waals surface area contributed by atoms with Crippen molar-refractivity contribution in [1.82, 2.24) is 29.8 Å². The van der Waals surface area contributed by atoms with Gasteiger partial charge in [0.2, 0.25) is 5.91 Å². The van der Waals surface area contributed by atoms with Crippen molar-refractivity contribution in [3.63, 3.8) is 0 Å². The fraction of sp³-hybridized carbons (Fsp3) is 0.370. The van der Waals surface area contributed by atoms with E-state index in [2.05, 4.69) is 22.0 Å². The molecular weight excluding hydrogens is 511 g/mol. The number of aromatic nitrogens is 4. The first-order valence-corrected chi connectivity index (χ1v) is 12.4. The van der Waals surface area contributed by atoms with Gasteiger partial charge in [0.25, 0.3) is 5.91 Å². The molecule has 2 N–H and O–H groups in total. The third-order valence-electron chi connectivity index (χ3n) is 8.06. The van der Waals surface area contributed by atoms with Crippen LogP contribution in [0.5, 0.6) is 0 Å². The largest absolute Gasteiger partial charge is 0.417 e. The summed E-state index contributed by atoms with van der Waals surface area (Å²) in [6.45, 7) is 1.94. The number of alkyl halides is 3. The SMILES string of the molecule is CN(C(=O)C12CC(C)(C1)C2)N(Cc1ccc(C(F)(F)F)cn1)C(=O)c1ccc2nc(N)c3cnn(C)c3c2c1. The third-order valence-corrected chi connectivity index (χ3v) is 8.06. The van der Waals surface area contributed by atoms with Crippen molar-refractivity contribution in [2.24, 2.45) is 17.9 Å². The molecule has 0 spiro atoms. The van der Waals surface area contributed by atoms with E-state index in [0.29, 0.717) is 27.6 Å². The molecule has 2 amide bonds. The van der Waals surface area contributed by atoms with Crippen molar-refractivity contribution in [2.45, 2.75) is 38.9 Å². The molecule has 4 aromatic rings. The molecule has 3 aliphatic carbocycles. The maximum Gasteiger partial charge on any atom is 0.417 e. The van der Waals surface area contributed by atoms with Crippen LogP contribution in [0, 0.1) is 10.8 Å². The first-order valence-electron chi connectivity index (χ1n) is 12.4. The zero-order valence-corrected chi connectivity index (χ0v) is 21.6. The molecule has 3 saturated carbocycles. The average molecular weight is 538 g/mol. The Morgan fingerprint density at radius 3 is 2.44 bits per heavy atom. The van der Waals surface area contributed by atoms with E-state index >= 15 is 0 Å². The number of nitrogens with zero attached hydrogens (tertiary/aromatic N) is 6. The van der Waals surface area contributed by atoms with Gasteiger partial charge in [-0.3, -0.25) is 24.3 Å². The highest BCUT2D eigenvalue weighted by Gasteiger charge is 2.69. The Labute approximate surface area is 221 Å². The lowest BCUT2D eigenvalue weighted by Gasteiger charge is -2.68. The van der Waals surface area contributed by atoms with E-state index in [1.807, 2.05) is 0 Å². The minimum atomic E-state index is -4.53. The number of benzene rings is 1. The van der Waals surface area contributed by atoms with E-state index in [4.69, 9.17) is 5.73 Å². The van der Waals surface area contributed by atoms with Gasteiger partial charge in [0.15, 0.2) is 0 Å². The number of hydrazine groups is 1. The van der Waals surface area contributed by atoms with Crippen molar-refractivity contribution < 1.29 is 22.8 Å². The van der Waals surface area contributed by atoms with Crippen LogP contribution in [0.25, 0.3) is 21.8 Å². The van der Waals surface area contributed by atoms with Gasteiger partial charge in [-0.1, -0.05) is 6.92 Å². The van der Waals surface area contributed by atoms with Crippen LogP contribution in [0.4, 0.5) is 19.0 Å². The van der Waals surface area contributed by atoms with Crippen LogP contribution in [0.1, 0.15) is 47.8 Å². The lowest BCUT2D eigenvalue weighted by atomic mass is 9.35. The fourth-order valence-corrected chi connectivity index (χ4v) is 6.37. The number of anilines is 1. The summed E-state index contributed by atoms with van der Waals surface area (Å²) in [6, 6.07) is 7.06. The van der Waals surface area contributed by atoms with E-state index in [1.165, 1.54) is 23.1 Å². The monoisotopic (exact) mass is 537 g/mol. The first kappa shape index (κ1) is 25.1. The quantitative estimate of drug-likeness (QED) is 0.388. The van der Waals surface area contributed by atoms with Gasteiger partial charge in [0.1, 0.15) is 5.82 Å². The number of aryl methyl sites for hydroxylation is 1. The Bertz CT molecular complexity index is 1640. The Morgan fingerprint density at radius 2 is 1.82 bits per heavy atom. The van der Waals surface area contributed by atoms with E-state index < -0.39 is 23.1 Å². The highest BCUT2D eigenvalue weighted by molar-refractivity contribution is 6.10. The Hall–Kier alpha value is -4.22. The molecule has 3 aromatic heterocycles. The number of hydrogen-bond donors (Lipinski definition) is 1. The number of nitrogens with two attached hydrogens (primary N) is 1. The topological polar surface area (TPSA) is 110 Å². The minimum absolute atomic E-state index is 0.169. The smallest absolute Gasteiger partial charge is 0.383 e. The number of rotatable bonds is 4. The van der Waals surface area contributed by atoms with Crippen LogP contribution >= 0.6 is 0 Å². The van der Waals surface area contributed by atoms with Crippen molar-refractivity contribution in [1.29, 1.82) is 0 Å². The number of halogens is 3. The molecule has 3 heterocycles. The highest BCUT2D eigenvalue weighted by Crippen LogP contribution is 2.73. The molecule has 1 aromatic carbocycles. The van der Waals surface area contributed by atoms with Crippen LogP contribution in [0.2, 0.25) is 0 Å². The molecule has 0 unspecified atom stereocenters. The molecule has 3 fully saturated rings. The van der Waals surface area contributed by atoms with E-state index in [1.54, 1.807) is 36.1 Å². The summed E-state index contributed by atoms with van der Waals surface area (Å²) in [5.41, 5.74) is 6.63. The van der Waals surface area contributed by atoms with Crippen molar-refractivity contribution in [2.75, 3.05) is 12.8 Å². The summed E-state index contributed by atoms with van der Waals surface area (Å²) in [6.07, 6.45) is 0.0630. The Balaban J connectivity index is 1.38. The summed E-state index contributed by atoms with van der Waals surface area (Å²) >= 11 is 0. The molecular formula is C27H26F3N7O2. The third kappa shape index (κ3) is 3.88. The molecule has 9 nitrogen and oxygen atoms in total. The summed E-state index contributed by atoms with van der Waals surface area (Å²) in [5.74, 6) is -0.368. The summed E-state index contributed by atoms with van der Waals surface area (Å²) in [7, 11) is 3.28. The standard InChI is InChI=1S/C27H26F3N7O2/c1-25-12-26(13-25,14-25)24(39)36(3)37(11-17-6-5-16(9-32-17)27(28,29)30)23(38)15-4-7-20-18(8-15)21-19(22(31)34-20)10-33-35(21)2/h4-10H,11-14H2,1-3H3,(H2,31,34). The number of carbonyl (C=O) groups is 2. The van der Waals surface area contributed by atoms with Crippen LogP contribution in [-0.4, -0.2) is 48.6 Å². The lowest BCUT2D eigenvalue weighted by Crippen LogP contribution is -2.68. The van der Waals surface area contributed by atoms with Crippen LogP contribution in [0.15, 0.2) is 42.7 Å². The summed E-state index contributed by atoms with van der Waals surface area (Å²) in [4.78, 5) is 35.9. The molecule has 7 rings (SSSR count). The second kappa shape index (κ2) is 8.14. The van der Waals surface area contributed by atoms with Gasteiger partial charge in [-0.15, -0.1) is 0 Å². The first-order chi connectivity index (χ1) is 18.3. The summed E-state index contributed by atoms with van der Waals surface area (Å²) < 4.78 is 40.9. The molecule has 202 valence electrons. The van der Waals surface area contributed by atoms with Gasteiger partial charge < -0.3 is 5.73 Å². The predicted molar refractivity (Wildman–Crippen MR) is 137 cm³/mol. The molecule has 12 heteroatoms. The lowest BCUT2D eigenvalue weighted by molar-refractivity contribution is -0.217. The van der Waals surface area contributed by atoms with Crippen molar-refractivity contribution >= 4 is 39.4 Å². The Morgan fingerprint density at radius 1 is 1.10 bits per heavy atom. The maximum absolute atomic E-state index is 14.0. The minimum Gasteiger partial charge on any atom is -0.383 e. The number of pyridine rings is 2. The van der Waals surface area contributed by atoms with E-state index in [9.17, 15) is 22.8 Å². The number of nitrogen functional groups attached to an aromatic ring is 1. The number of amides is 2. The number of hydrogen-bond acceptors (Lipinski definition) is 6. The van der Waals surface area contributed by atoms with Gasteiger partial charge >= 0.3 is 6.18 Å². The number of fused-ring (bicyclic) bond motifs is 3. The molecule has 3 aliphatic rings. The van der Waals surface area contributed by atoms with E-state index in [0.717, 1.165) is 31.5 Å². The predicted octanol–water partition coefficient (Wildman–Crippen LogP) is 4.32. The fourth-order valence-electron chi connectivity index (χ4n) is 6.37.